The molecule has 90 valence electrons. The number of hydrogen-bond acceptors (Lipinski definition) is 3. The van der Waals surface area contributed by atoms with E-state index in [-0.39, 0.29) is 5.91 Å². The molecule has 1 aromatic rings. The van der Waals surface area contributed by atoms with Crippen molar-refractivity contribution in [1.82, 2.24) is 0 Å². The Kier molecular flexibility index (Phi) is 11.5. The molecule has 1 aromatic carbocycles. The van der Waals surface area contributed by atoms with Crippen molar-refractivity contribution in [1.29, 1.82) is 0 Å². The van der Waals surface area contributed by atoms with E-state index >= 15 is 0 Å². The Morgan fingerprint density at radius 2 is 1.62 bits per heavy atom. The van der Waals surface area contributed by atoms with Gasteiger partial charge in [0.05, 0.1) is 0 Å². The van der Waals surface area contributed by atoms with Gasteiger partial charge < -0.3 is 5.32 Å². The lowest BCUT2D eigenvalue weighted by molar-refractivity contribution is -0.445. The number of rotatable bonds is 1. The van der Waals surface area contributed by atoms with Crippen LogP contribution in [0, 0.1) is 10.1 Å². The average molecular weight is 226 g/mol. The van der Waals surface area contributed by atoms with Gasteiger partial charge in [-0.1, -0.05) is 32.0 Å². The number of carbonyl (C=O) groups is 1. The first-order valence-electron chi connectivity index (χ1n) is 4.93. The molecule has 0 radical (unpaired) electrons. The predicted octanol–water partition coefficient (Wildman–Crippen LogP) is 2.56. The molecule has 0 heterocycles. The maximum Gasteiger partial charge on any atom is 0.221 e. The van der Waals surface area contributed by atoms with Crippen LogP contribution in [0.2, 0.25) is 0 Å². The van der Waals surface area contributed by atoms with Crippen LogP contribution in [0.3, 0.4) is 0 Å². The molecule has 16 heavy (non-hydrogen) atoms. The molecule has 0 aliphatic carbocycles. The van der Waals surface area contributed by atoms with E-state index < -0.39 is 4.92 Å². The molecule has 5 nitrogen and oxygen atoms in total. The van der Waals surface area contributed by atoms with Crippen molar-refractivity contribution in [2.24, 2.45) is 0 Å². The standard InChI is InChI=1S/C8H9NO.C2H6.CH3NO2/c1-7(10)9-8-5-3-2-4-6-8;1-2;1-2(3)4/h2-6H,1H3,(H,9,10);1-2H3;1H3. The van der Waals surface area contributed by atoms with Crippen molar-refractivity contribution < 1.29 is 9.72 Å². The lowest BCUT2D eigenvalue weighted by Crippen LogP contribution is -2.04. The van der Waals surface area contributed by atoms with Crippen LogP contribution in [0.15, 0.2) is 30.3 Å². The molecule has 0 aliphatic heterocycles. The second-order valence-corrected chi connectivity index (χ2v) is 2.49. The molecular weight excluding hydrogens is 208 g/mol. The second-order valence-electron chi connectivity index (χ2n) is 2.49. The minimum absolute atomic E-state index is 0.0359. The first kappa shape index (κ1) is 16.5. The Hall–Kier alpha value is -1.91. The molecule has 0 aromatic heterocycles. The lowest BCUT2D eigenvalue weighted by atomic mass is 10.3. The first-order chi connectivity index (χ1) is 7.52. The summed E-state index contributed by atoms with van der Waals surface area (Å²) in [6, 6.07) is 9.37. The summed E-state index contributed by atoms with van der Waals surface area (Å²) in [5.74, 6) is -0.0359. The molecule has 1 N–H and O–H groups in total. The van der Waals surface area contributed by atoms with Crippen molar-refractivity contribution >= 4 is 11.6 Å². The third-order valence-electron chi connectivity index (χ3n) is 1.09. The topological polar surface area (TPSA) is 72.2 Å². The number of nitrogens with one attached hydrogen (secondary N) is 1. The summed E-state index contributed by atoms with van der Waals surface area (Å²) in [7, 11) is 0.889. The molecule has 0 spiro atoms. The predicted molar refractivity (Wildman–Crippen MR) is 65.0 cm³/mol. The van der Waals surface area contributed by atoms with Gasteiger partial charge in [-0.25, -0.2) is 0 Å². The molecule has 1 amide bonds. The number of carbonyl (C=O) groups excluding carboxylic acids is 1. The Labute approximate surface area is 95.6 Å². The van der Waals surface area contributed by atoms with Gasteiger partial charge in [-0.05, 0) is 12.1 Å². The van der Waals surface area contributed by atoms with Crippen molar-refractivity contribution in [3.63, 3.8) is 0 Å². The summed E-state index contributed by atoms with van der Waals surface area (Å²) < 4.78 is 0. The molecule has 0 fully saturated rings. The highest BCUT2D eigenvalue weighted by Gasteiger charge is 1.90. The largest absolute Gasteiger partial charge is 0.326 e. The summed E-state index contributed by atoms with van der Waals surface area (Å²) in [6.45, 7) is 5.49. The highest BCUT2D eigenvalue weighted by atomic mass is 16.6. The number of para-hydroxylation sites is 1. The number of benzene rings is 1. The molecular formula is C11H18N2O3. The summed E-state index contributed by atoms with van der Waals surface area (Å²) in [4.78, 5) is 18.8. The van der Waals surface area contributed by atoms with Crippen LogP contribution in [0.1, 0.15) is 20.8 Å². The molecule has 5 heteroatoms. The normalized spacial score (nSPS) is 7.50. The molecule has 1 rings (SSSR count). The zero-order valence-corrected chi connectivity index (χ0v) is 10.1. The second kappa shape index (κ2) is 11.2. The third-order valence-corrected chi connectivity index (χ3v) is 1.09. The molecule has 0 unspecified atom stereocenters. The van der Waals surface area contributed by atoms with Crippen LogP contribution in [0.4, 0.5) is 5.69 Å². The Morgan fingerprint density at radius 3 is 1.94 bits per heavy atom. The van der Waals surface area contributed by atoms with E-state index in [0.29, 0.717) is 0 Å². The summed E-state index contributed by atoms with van der Waals surface area (Å²) >= 11 is 0. The number of nitrogens with zero attached hydrogens (tertiary/aromatic N) is 1. The SMILES string of the molecule is CC.CC(=O)Nc1ccccc1.C[N+](=O)[O-]. The van der Waals surface area contributed by atoms with Crippen molar-refractivity contribution in [2.45, 2.75) is 20.8 Å². The van der Waals surface area contributed by atoms with Gasteiger partial charge in [-0.2, -0.15) is 0 Å². The average Bonchev–Trinajstić information content (AvgIpc) is 2.20. The third kappa shape index (κ3) is 14.6. The van der Waals surface area contributed by atoms with Crippen LogP contribution in [-0.2, 0) is 4.79 Å². The van der Waals surface area contributed by atoms with E-state index in [1.54, 1.807) is 0 Å². The van der Waals surface area contributed by atoms with Crippen molar-refractivity contribution in [3.05, 3.63) is 40.4 Å². The lowest BCUT2D eigenvalue weighted by Gasteiger charge is -1.98. The maximum absolute atomic E-state index is 10.5. The van der Waals surface area contributed by atoms with Crippen LogP contribution >= 0.6 is 0 Å². The van der Waals surface area contributed by atoms with E-state index in [0.717, 1.165) is 12.7 Å². The summed E-state index contributed by atoms with van der Waals surface area (Å²) in [5, 5.41) is 11.5. The van der Waals surface area contributed by atoms with E-state index in [1.807, 2.05) is 44.2 Å². The summed E-state index contributed by atoms with van der Waals surface area (Å²) in [5.41, 5.74) is 0.843. The Morgan fingerprint density at radius 1 is 1.25 bits per heavy atom. The van der Waals surface area contributed by atoms with Gasteiger partial charge in [0, 0.05) is 17.5 Å². The van der Waals surface area contributed by atoms with E-state index in [4.69, 9.17) is 10.1 Å². The van der Waals surface area contributed by atoms with Crippen molar-refractivity contribution in [2.75, 3.05) is 12.4 Å². The molecule has 0 saturated heterocycles. The van der Waals surface area contributed by atoms with Crippen LogP contribution in [0.5, 0.6) is 0 Å². The van der Waals surface area contributed by atoms with Gasteiger partial charge in [0.1, 0.15) is 0 Å². The molecule has 0 bridgehead atoms. The fourth-order valence-electron chi connectivity index (χ4n) is 0.725. The summed E-state index contributed by atoms with van der Waals surface area (Å²) in [6.07, 6.45) is 0. The zero-order chi connectivity index (χ0) is 13.0. The smallest absolute Gasteiger partial charge is 0.221 e. The fraction of sp³-hybridized carbons (Fsp3) is 0.364. The minimum Gasteiger partial charge on any atom is -0.326 e. The molecule has 0 atom stereocenters. The molecule has 0 aliphatic rings. The monoisotopic (exact) mass is 226 g/mol. The van der Waals surface area contributed by atoms with E-state index in [2.05, 4.69) is 5.32 Å². The number of hydrogen-bond donors (Lipinski definition) is 1. The van der Waals surface area contributed by atoms with Gasteiger partial charge in [0.25, 0.3) is 0 Å². The zero-order valence-electron chi connectivity index (χ0n) is 10.1. The van der Waals surface area contributed by atoms with Gasteiger partial charge in [0.15, 0.2) is 7.05 Å². The van der Waals surface area contributed by atoms with Gasteiger partial charge in [-0.3, -0.25) is 14.9 Å². The highest BCUT2D eigenvalue weighted by Crippen LogP contribution is 2.03. The highest BCUT2D eigenvalue weighted by molar-refractivity contribution is 5.88. The number of anilines is 1. The Balaban J connectivity index is 0. The first-order valence-corrected chi connectivity index (χ1v) is 4.93. The van der Waals surface area contributed by atoms with Gasteiger partial charge in [0.2, 0.25) is 5.91 Å². The van der Waals surface area contributed by atoms with Crippen LogP contribution in [0.25, 0.3) is 0 Å². The van der Waals surface area contributed by atoms with Crippen molar-refractivity contribution in [3.8, 4) is 0 Å². The number of nitro groups is 1. The molecule has 0 saturated carbocycles. The van der Waals surface area contributed by atoms with Crippen LogP contribution < -0.4 is 5.32 Å². The number of amides is 1. The fourth-order valence-corrected chi connectivity index (χ4v) is 0.725. The maximum atomic E-state index is 10.5. The quantitative estimate of drug-likeness (QED) is 0.590. The Bertz CT molecular complexity index is 295. The van der Waals surface area contributed by atoms with Crippen LogP contribution in [-0.4, -0.2) is 17.9 Å². The van der Waals surface area contributed by atoms with Gasteiger partial charge in [-0.15, -0.1) is 0 Å². The minimum atomic E-state index is -0.500. The van der Waals surface area contributed by atoms with E-state index in [9.17, 15) is 4.79 Å². The van der Waals surface area contributed by atoms with E-state index in [1.165, 1.54) is 6.92 Å². The van der Waals surface area contributed by atoms with Gasteiger partial charge >= 0.3 is 0 Å².